The molecule has 7 heteroatoms. The maximum absolute atomic E-state index is 12.3. The molecule has 106 valence electrons. The molecule has 0 fully saturated rings. The molecular weight excluding hydrogens is 296 g/mol. The first-order valence-electron chi connectivity index (χ1n) is 5.82. The van der Waals surface area contributed by atoms with E-state index < -0.39 is 32.3 Å². The highest BCUT2D eigenvalue weighted by Gasteiger charge is 2.32. The van der Waals surface area contributed by atoms with Gasteiger partial charge in [0.05, 0.1) is 10.5 Å². The summed E-state index contributed by atoms with van der Waals surface area (Å²) in [5.41, 5.74) is -0.336. The fourth-order valence-corrected chi connectivity index (χ4v) is 2.84. The Balaban J connectivity index is 2.36. The fourth-order valence-electron chi connectivity index (χ4n) is 2.32. The number of ketones is 2. The zero-order valence-electron chi connectivity index (χ0n) is 10.4. The molecule has 0 saturated carbocycles. The van der Waals surface area contributed by atoms with Crippen LogP contribution in [-0.2, 0) is 10.1 Å². The van der Waals surface area contributed by atoms with E-state index in [0.717, 1.165) is 6.07 Å². The van der Waals surface area contributed by atoms with Crippen molar-refractivity contribution >= 4 is 21.7 Å². The van der Waals surface area contributed by atoms with E-state index in [1.807, 2.05) is 0 Å². The molecule has 3 rings (SSSR count). The SMILES string of the molecule is O=C1c2ccccc2C(=O)c2c(O)cc(S(=O)(=O)[O-])cc21. The molecule has 1 aliphatic rings. The average molecular weight is 303 g/mol. The van der Waals surface area contributed by atoms with Gasteiger partial charge in [0.25, 0.3) is 0 Å². The third-order valence-electron chi connectivity index (χ3n) is 3.27. The van der Waals surface area contributed by atoms with Crippen LogP contribution >= 0.6 is 0 Å². The summed E-state index contributed by atoms with van der Waals surface area (Å²) in [6, 6.07) is 7.50. The molecule has 0 amide bonds. The van der Waals surface area contributed by atoms with E-state index in [4.69, 9.17) is 0 Å². The van der Waals surface area contributed by atoms with Crippen LogP contribution in [0.5, 0.6) is 5.75 Å². The summed E-state index contributed by atoms with van der Waals surface area (Å²) in [5.74, 6) is -1.90. The van der Waals surface area contributed by atoms with E-state index in [1.54, 1.807) is 12.1 Å². The minimum Gasteiger partial charge on any atom is -0.744 e. The van der Waals surface area contributed by atoms with Gasteiger partial charge in [0.1, 0.15) is 15.9 Å². The topological polar surface area (TPSA) is 112 Å². The molecule has 0 heterocycles. The number of hydrogen-bond acceptors (Lipinski definition) is 6. The highest BCUT2D eigenvalue weighted by Crippen LogP contribution is 2.34. The van der Waals surface area contributed by atoms with E-state index >= 15 is 0 Å². The Morgan fingerprint density at radius 3 is 2.05 bits per heavy atom. The van der Waals surface area contributed by atoms with E-state index in [-0.39, 0.29) is 22.3 Å². The fraction of sp³-hybridized carbons (Fsp3) is 0. The molecule has 6 nitrogen and oxygen atoms in total. The molecule has 0 saturated heterocycles. The van der Waals surface area contributed by atoms with Crippen molar-refractivity contribution in [3.8, 4) is 5.75 Å². The van der Waals surface area contributed by atoms with Gasteiger partial charge in [-0.05, 0) is 12.1 Å². The van der Waals surface area contributed by atoms with Crippen molar-refractivity contribution in [2.75, 3.05) is 0 Å². The Labute approximate surface area is 119 Å². The van der Waals surface area contributed by atoms with Gasteiger partial charge in [-0.3, -0.25) is 9.59 Å². The second-order valence-electron chi connectivity index (χ2n) is 4.52. The van der Waals surface area contributed by atoms with Gasteiger partial charge >= 0.3 is 0 Å². The largest absolute Gasteiger partial charge is 0.744 e. The number of phenolic OH excluding ortho intramolecular Hbond substituents is 1. The van der Waals surface area contributed by atoms with Crippen molar-refractivity contribution in [3.63, 3.8) is 0 Å². The summed E-state index contributed by atoms with van der Waals surface area (Å²) in [6.07, 6.45) is 0. The van der Waals surface area contributed by atoms with Crippen molar-refractivity contribution in [2.24, 2.45) is 0 Å². The molecule has 0 bridgehead atoms. The standard InChI is InChI=1S/C14H8O6S/c15-11-6-7(21(18,19)20)5-10-12(11)14(17)9-4-2-1-3-8(9)13(10)16/h1-6,15H,(H,18,19,20)/p-1. The number of fused-ring (bicyclic) bond motifs is 2. The summed E-state index contributed by atoms with van der Waals surface area (Å²) in [5, 5.41) is 9.84. The van der Waals surface area contributed by atoms with Gasteiger partial charge in [0, 0.05) is 16.7 Å². The first-order chi connectivity index (χ1) is 9.80. The molecule has 0 radical (unpaired) electrons. The number of rotatable bonds is 1. The Kier molecular flexibility index (Phi) is 2.72. The molecule has 2 aromatic rings. The van der Waals surface area contributed by atoms with E-state index in [1.165, 1.54) is 12.1 Å². The van der Waals surface area contributed by atoms with Crippen molar-refractivity contribution in [3.05, 3.63) is 58.7 Å². The van der Waals surface area contributed by atoms with E-state index in [9.17, 15) is 27.7 Å². The van der Waals surface area contributed by atoms with Crippen LogP contribution in [0.4, 0.5) is 0 Å². The van der Waals surface area contributed by atoms with Gasteiger partial charge in [0.15, 0.2) is 11.6 Å². The highest BCUT2D eigenvalue weighted by molar-refractivity contribution is 7.85. The lowest BCUT2D eigenvalue weighted by molar-refractivity contribution is 0.0976. The third kappa shape index (κ3) is 1.94. The van der Waals surface area contributed by atoms with Gasteiger partial charge in [0.2, 0.25) is 0 Å². The molecule has 0 aliphatic heterocycles. The summed E-state index contributed by atoms with van der Waals surface area (Å²) in [6.45, 7) is 0. The Bertz CT molecular complexity index is 911. The zero-order valence-corrected chi connectivity index (χ0v) is 11.2. The second-order valence-corrected chi connectivity index (χ2v) is 5.90. The van der Waals surface area contributed by atoms with Gasteiger partial charge < -0.3 is 9.66 Å². The zero-order chi connectivity index (χ0) is 15.4. The summed E-state index contributed by atoms with van der Waals surface area (Å²) in [7, 11) is -4.85. The predicted octanol–water partition coefficient (Wildman–Crippen LogP) is 1.07. The number of carbonyl (C=O) groups is 2. The monoisotopic (exact) mass is 303 g/mol. The summed E-state index contributed by atoms with van der Waals surface area (Å²) < 4.78 is 33.1. The van der Waals surface area contributed by atoms with Crippen LogP contribution in [0.25, 0.3) is 0 Å². The molecule has 0 unspecified atom stereocenters. The number of carbonyl (C=O) groups excluding carboxylic acids is 2. The molecule has 1 aliphatic carbocycles. The van der Waals surface area contributed by atoms with Gasteiger partial charge in [-0.25, -0.2) is 8.42 Å². The average Bonchev–Trinajstić information content (AvgIpc) is 2.43. The molecule has 0 spiro atoms. The van der Waals surface area contributed by atoms with Crippen LogP contribution in [0.3, 0.4) is 0 Å². The maximum Gasteiger partial charge on any atom is 0.198 e. The number of hydrogen-bond donors (Lipinski definition) is 1. The Morgan fingerprint density at radius 2 is 1.48 bits per heavy atom. The van der Waals surface area contributed by atoms with Gasteiger partial charge in [-0.2, -0.15) is 0 Å². The highest BCUT2D eigenvalue weighted by atomic mass is 32.2. The first kappa shape index (κ1) is 13.5. The van der Waals surface area contributed by atoms with Crippen molar-refractivity contribution in [1.29, 1.82) is 0 Å². The van der Waals surface area contributed by atoms with Crippen LogP contribution in [0, 0.1) is 0 Å². The van der Waals surface area contributed by atoms with Gasteiger partial charge in [-0.1, -0.05) is 24.3 Å². The van der Waals surface area contributed by atoms with E-state index in [2.05, 4.69) is 0 Å². The molecule has 0 aromatic heterocycles. The lowest BCUT2D eigenvalue weighted by Crippen LogP contribution is -2.21. The van der Waals surface area contributed by atoms with Gasteiger partial charge in [-0.15, -0.1) is 0 Å². The lowest BCUT2D eigenvalue weighted by atomic mass is 9.84. The number of benzene rings is 2. The minimum absolute atomic E-state index is 0.106. The predicted molar refractivity (Wildman–Crippen MR) is 69.4 cm³/mol. The van der Waals surface area contributed by atoms with Crippen LogP contribution in [0.15, 0.2) is 41.3 Å². The Morgan fingerprint density at radius 1 is 0.905 bits per heavy atom. The molecule has 1 N–H and O–H groups in total. The lowest BCUT2D eigenvalue weighted by Gasteiger charge is -2.19. The molecule has 0 atom stereocenters. The smallest absolute Gasteiger partial charge is 0.198 e. The minimum atomic E-state index is -4.85. The molecule has 21 heavy (non-hydrogen) atoms. The van der Waals surface area contributed by atoms with Crippen LogP contribution < -0.4 is 0 Å². The van der Waals surface area contributed by atoms with Crippen LogP contribution in [-0.4, -0.2) is 29.6 Å². The van der Waals surface area contributed by atoms with Crippen molar-refractivity contribution in [1.82, 2.24) is 0 Å². The quantitative estimate of drug-likeness (QED) is 0.673. The van der Waals surface area contributed by atoms with Crippen LogP contribution in [0.2, 0.25) is 0 Å². The van der Waals surface area contributed by atoms with Crippen LogP contribution in [0.1, 0.15) is 31.8 Å². The summed E-state index contributed by atoms with van der Waals surface area (Å²) >= 11 is 0. The second kappa shape index (κ2) is 4.24. The van der Waals surface area contributed by atoms with E-state index in [0.29, 0.717) is 6.07 Å². The summed E-state index contributed by atoms with van der Waals surface area (Å²) in [4.78, 5) is 23.9. The first-order valence-corrected chi connectivity index (χ1v) is 7.23. The number of aromatic hydroxyl groups is 1. The van der Waals surface area contributed by atoms with Crippen molar-refractivity contribution in [2.45, 2.75) is 4.90 Å². The molecule has 2 aromatic carbocycles. The van der Waals surface area contributed by atoms with Crippen molar-refractivity contribution < 1.29 is 27.7 Å². The normalized spacial score (nSPS) is 13.8. The Hall–Kier alpha value is -2.51. The maximum atomic E-state index is 12.3. The number of phenols is 1. The third-order valence-corrected chi connectivity index (χ3v) is 4.08. The molecular formula is C14H7O6S-.